The molecule has 1 saturated heterocycles. The zero-order valence-electron chi connectivity index (χ0n) is 8.26. The Balaban J connectivity index is 2.32. The fourth-order valence-corrected chi connectivity index (χ4v) is 1.25. The van der Waals surface area contributed by atoms with E-state index in [9.17, 15) is 4.79 Å². The summed E-state index contributed by atoms with van der Waals surface area (Å²) < 4.78 is 0. The van der Waals surface area contributed by atoms with Crippen LogP contribution >= 0.6 is 0 Å². The largest absolute Gasteiger partial charge is 0.396 e. The van der Waals surface area contributed by atoms with Crippen LogP contribution in [0, 0.1) is 5.92 Å². The van der Waals surface area contributed by atoms with Crippen molar-refractivity contribution < 1.29 is 9.90 Å². The number of aliphatic hydroxyl groups excluding tert-OH is 1. The lowest BCUT2D eigenvalue weighted by atomic mass is 9.97. The van der Waals surface area contributed by atoms with E-state index in [4.69, 9.17) is 5.11 Å². The zero-order valence-corrected chi connectivity index (χ0v) is 8.26. The predicted octanol–water partition coefficient (Wildman–Crippen LogP) is -0.517. The maximum atomic E-state index is 11.5. The van der Waals surface area contributed by atoms with Crippen molar-refractivity contribution in [1.29, 1.82) is 0 Å². The standard InChI is InChI=1S/C9H18N2O2/c1-9(2,3-4-12)11-8(13)7-5-10-6-7/h7,10,12H,3-6H2,1-2H3,(H,11,13). The lowest BCUT2D eigenvalue weighted by Gasteiger charge is -2.32. The SMILES string of the molecule is CC(C)(CCO)NC(=O)C1CNC1. The van der Waals surface area contributed by atoms with Crippen molar-refractivity contribution in [3.63, 3.8) is 0 Å². The Morgan fingerprint density at radius 3 is 2.62 bits per heavy atom. The average molecular weight is 186 g/mol. The van der Waals surface area contributed by atoms with Crippen LogP contribution in [0.2, 0.25) is 0 Å². The molecule has 0 aromatic heterocycles. The fourth-order valence-electron chi connectivity index (χ4n) is 1.25. The van der Waals surface area contributed by atoms with Crippen LogP contribution in [-0.2, 0) is 4.79 Å². The van der Waals surface area contributed by atoms with Gasteiger partial charge in [-0.3, -0.25) is 4.79 Å². The molecule has 1 aliphatic rings. The highest BCUT2D eigenvalue weighted by Crippen LogP contribution is 2.10. The van der Waals surface area contributed by atoms with E-state index < -0.39 is 0 Å². The highest BCUT2D eigenvalue weighted by atomic mass is 16.3. The summed E-state index contributed by atoms with van der Waals surface area (Å²) in [6.45, 7) is 5.51. The number of rotatable bonds is 4. The van der Waals surface area contributed by atoms with Crippen LogP contribution in [0.5, 0.6) is 0 Å². The Labute approximate surface area is 78.7 Å². The van der Waals surface area contributed by atoms with E-state index in [2.05, 4.69) is 10.6 Å². The number of nitrogens with one attached hydrogen (secondary N) is 2. The van der Waals surface area contributed by atoms with Crippen molar-refractivity contribution in [3.8, 4) is 0 Å². The maximum Gasteiger partial charge on any atom is 0.226 e. The van der Waals surface area contributed by atoms with Gasteiger partial charge in [0.15, 0.2) is 0 Å². The van der Waals surface area contributed by atoms with Crippen LogP contribution in [0.25, 0.3) is 0 Å². The van der Waals surface area contributed by atoms with Gasteiger partial charge in [-0.05, 0) is 20.3 Å². The molecule has 13 heavy (non-hydrogen) atoms. The highest BCUT2D eigenvalue weighted by Gasteiger charge is 2.28. The summed E-state index contributed by atoms with van der Waals surface area (Å²) in [6.07, 6.45) is 0.596. The third kappa shape index (κ3) is 2.97. The van der Waals surface area contributed by atoms with Gasteiger partial charge in [-0.25, -0.2) is 0 Å². The molecule has 1 amide bonds. The van der Waals surface area contributed by atoms with Crippen molar-refractivity contribution in [2.45, 2.75) is 25.8 Å². The third-order valence-corrected chi connectivity index (χ3v) is 2.35. The van der Waals surface area contributed by atoms with E-state index in [-0.39, 0.29) is 24.0 Å². The van der Waals surface area contributed by atoms with Crippen LogP contribution in [0.4, 0.5) is 0 Å². The zero-order chi connectivity index (χ0) is 9.90. The van der Waals surface area contributed by atoms with E-state index in [0.717, 1.165) is 13.1 Å². The lowest BCUT2D eigenvalue weighted by Crippen LogP contribution is -2.55. The third-order valence-electron chi connectivity index (χ3n) is 2.35. The summed E-state index contributed by atoms with van der Waals surface area (Å²) in [6, 6.07) is 0. The van der Waals surface area contributed by atoms with E-state index >= 15 is 0 Å². The van der Waals surface area contributed by atoms with Crippen LogP contribution in [-0.4, -0.2) is 36.2 Å². The second-order valence-electron chi connectivity index (χ2n) is 4.20. The Morgan fingerprint density at radius 1 is 1.62 bits per heavy atom. The summed E-state index contributed by atoms with van der Waals surface area (Å²) in [4.78, 5) is 11.5. The van der Waals surface area contributed by atoms with Gasteiger partial charge in [-0.1, -0.05) is 0 Å². The molecule has 0 bridgehead atoms. The molecular formula is C9H18N2O2. The summed E-state index contributed by atoms with van der Waals surface area (Å²) in [7, 11) is 0. The number of hydrogen-bond donors (Lipinski definition) is 3. The van der Waals surface area contributed by atoms with Crippen molar-refractivity contribution in [3.05, 3.63) is 0 Å². The summed E-state index contributed by atoms with van der Waals surface area (Å²) in [5, 5.41) is 14.7. The molecule has 1 fully saturated rings. The van der Waals surface area contributed by atoms with E-state index in [1.165, 1.54) is 0 Å². The molecule has 4 nitrogen and oxygen atoms in total. The second kappa shape index (κ2) is 4.07. The van der Waals surface area contributed by atoms with E-state index in [1.54, 1.807) is 0 Å². The fraction of sp³-hybridized carbons (Fsp3) is 0.889. The minimum atomic E-state index is -0.290. The number of hydrogen-bond acceptors (Lipinski definition) is 3. The topological polar surface area (TPSA) is 61.4 Å². The normalized spacial score (nSPS) is 18.1. The number of amides is 1. The first-order valence-electron chi connectivity index (χ1n) is 4.69. The Bertz CT molecular complexity index is 188. The van der Waals surface area contributed by atoms with Gasteiger partial charge in [-0.15, -0.1) is 0 Å². The molecule has 0 unspecified atom stereocenters. The molecule has 0 radical (unpaired) electrons. The molecule has 0 aliphatic carbocycles. The van der Waals surface area contributed by atoms with Gasteiger partial charge in [0.05, 0.1) is 5.92 Å². The summed E-state index contributed by atoms with van der Waals surface area (Å²) in [5.41, 5.74) is -0.290. The molecule has 1 heterocycles. The highest BCUT2D eigenvalue weighted by molar-refractivity contribution is 5.80. The summed E-state index contributed by atoms with van der Waals surface area (Å²) in [5.74, 6) is 0.218. The molecule has 1 rings (SSSR count). The van der Waals surface area contributed by atoms with Gasteiger partial charge < -0.3 is 15.7 Å². The first-order valence-corrected chi connectivity index (χ1v) is 4.69. The van der Waals surface area contributed by atoms with Gasteiger partial charge in [0.1, 0.15) is 0 Å². The minimum absolute atomic E-state index is 0.0946. The van der Waals surface area contributed by atoms with Gasteiger partial charge in [0.2, 0.25) is 5.91 Å². The van der Waals surface area contributed by atoms with Gasteiger partial charge >= 0.3 is 0 Å². The number of carbonyl (C=O) groups excluding carboxylic acids is 1. The first kappa shape index (κ1) is 10.5. The van der Waals surface area contributed by atoms with E-state index in [1.807, 2.05) is 13.8 Å². The molecule has 0 saturated carbocycles. The van der Waals surface area contributed by atoms with Gasteiger partial charge in [0, 0.05) is 25.2 Å². The smallest absolute Gasteiger partial charge is 0.226 e. The first-order chi connectivity index (χ1) is 6.05. The van der Waals surface area contributed by atoms with Gasteiger partial charge in [-0.2, -0.15) is 0 Å². The number of aliphatic hydroxyl groups is 1. The monoisotopic (exact) mass is 186 g/mol. The quantitative estimate of drug-likeness (QED) is 0.554. The predicted molar refractivity (Wildman–Crippen MR) is 50.3 cm³/mol. The van der Waals surface area contributed by atoms with Crippen molar-refractivity contribution in [1.82, 2.24) is 10.6 Å². The van der Waals surface area contributed by atoms with Crippen LogP contribution in [0.1, 0.15) is 20.3 Å². The van der Waals surface area contributed by atoms with E-state index in [0.29, 0.717) is 6.42 Å². The summed E-state index contributed by atoms with van der Waals surface area (Å²) >= 11 is 0. The molecule has 1 aliphatic heterocycles. The number of carbonyl (C=O) groups is 1. The molecule has 4 heteroatoms. The molecule has 3 N–H and O–H groups in total. The Morgan fingerprint density at radius 2 is 2.23 bits per heavy atom. The van der Waals surface area contributed by atoms with Crippen molar-refractivity contribution in [2.24, 2.45) is 5.92 Å². The van der Waals surface area contributed by atoms with Crippen LogP contribution < -0.4 is 10.6 Å². The Hall–Kier alpha value is -0.610. The molecule has 0 aromatic rings. The lowest BCUT2D eigenvalue weighted by molar-refractivity contribution is -0.128. The average Bonchev–Trinajstić information content (AvgIpc) is 1.79. The molecule has 0 aromatic carbocycles. The van der Waals surface area contributed by atoms with Crippen LogP contribution in [0.15, 0.2) is 0 Å². The van der Waals surface area contributed by atoms with Crippen molar-refractivity contribution in [2.75, 3.05) is 19.7 Å². The molecular weight excluding hydrogens is 168 g/mol. The molecule has 76 valence electrons. The Kier molecular flexibility index (Phi) is 3.27. The minimum Gasteiger partial charge on any atom is -0.396 e. The van der Waals surface area contributed by atoms with Crippen LogP contribution in [0.3, 0.4) is 0 Å². The second-order valence-corrected chi connectivity index (χ2v) is 4.20. The maximum absolute atomic E-state index is 11.5. The molecule has 0 atom stereocenters. The van der Waals surface area contributed by atoms with Crippen molar-refractivity contribution >= 4 is 5.91 Å². The molecule has 0 spiro atoms. The van der Waals surface area contributed by atoms with Gasteiger partial charge in [0.25, 0.3) is 0 Å².